The van der Waals surface area contributed by atoms with E-state index in [9.17, 15) is 22.4 Å². The van der Waals surface area contributed by atoms with Crippen molar-refractivity contribution >= 4 is 27.7 Å². The predicted octanol–water partition coefficient (Wildman–Crippen LogP) is 3.08. The first kappa shape index (κ1) is 28.3. The van der Waals surface area contributed by atoms with Crippen molar-refractivity contribution in [3.05, 3.63) is 65.5 Å². The number of nitrogens with one attached hydrogen (secondary N) is 1. The van der Waals surface area contributed by atoms with Gasteiger partial charge in [0.15, 0.2) is 0 Å². The average Bonchev–Trinajstić information content (AvgIpc) is 2.75. The van der Waals surface area contributed by atoms with Crippen LogP contribution in [-0.4, -0.2) is 61.7 Å². The number of hydrogen-bond donors (Lipinski definition) is 1. The molecule has 0 fully saturated rings. The maximum atomic E-state index is 14.6. The lowest BCUT2D eigenvalue weighted by molar-refractivity contribution is -0.140. The number of carbonyl (C=O) groups excluding carboxylic acids is 2. The fourth-order valence-electron chi connectivity index (χ4n) is 3.30. The number of halogens is 1. The molecular weight excluding hydrogens is 471 g/mol. The molecule has 1 atom stereocenters. The first-order valence-corrected chi connectivity index (χ1v) is 12.6. The zero-order chi connectivity index (χ0) is 26.6. The fraction of sp³-hybridized carbons (Fsp3) is 0.440. The van der Waals surface area contributed by atoms with E-state index in [1.165, 1.54) is 37.2 Å². The van der Waals surface area contributed by atoms with E-state index in [-0.39, 0.29) is 18.1 Å². The molecule has 0 spiro atoms. The molecule has 1 N–H and O–H groups in total. The summed E-state index contributed by atoms with van der Waals surface area (Å²) in [6, 6.07) is 11.9. The van der Waals surface area contributed by atoms with Gasteiger partial charge in [-0.1, -0.05) is 42.0 Å². The van der Waals surface area contributed by atoms with Crippen molar-refractivity contribution < 1.29 is 22.4 Å². The van der Waals surface area contributed by atoms with Crippen molar-refractivity contribution in [1.29, 1.82) is 0 Å². The van der Waals surface area contributed by atoms with Crippen molar-refractivity contribution in [3.63, 3.8) is 0 Å². The molecule has 0 aromatic heterocycles. The summed E-state index contributed by atoms with van der Waals surface area (Å²) in [5.41, 5.74) is 1.02. The van der Waals surface area contributed by atoms with Crippen molar-refractivity contribution in [3.8, 4) is 0 Å². The number of hydrogen-bond acceptors (Lipinski definition) is 4. The van der Waals surface area contributed by atoms with Crippen LogP contribution in [0.25, 0.3) is 0 Å². The third-order valence-electron chi connectivity index (χ3n) is 5.28. The van der Waals surface area contributed by atoms with E-state index in [0.29, 0.717) is 0 Å². The summed E-state index contributed by atoms with van der Waals surface area (Å²) in [4.78, 5) is 27.9. The van der Waals surface area contributed by atoms with Crippen molar-refractivity contribution in [2.24, 2.45) is 0 Å². The second-order valence-corrected chi connectivity index (χ2v) is 11.7. The molecule has 10 heteroatoms. The molecule has 0 radical (unpaired) electrons. The highest BCUT2D eigenvalue weighted by Gasteiger charge is 2.34. The quantitative estimate of drug-likeness (QED) is 0.566. The van der Waals surface area contributed by atoms with Gasteiger partial charge in [-0.25, -0.2) is 8.70 Å². The summed E-state index contributed by atoms with van der Waals surface area (Å²) in [6.07, 6.45) is 0. The first-order chi connectivity index (χ1) is 16.1. The number of carbonyl (C=O) groups is 2. The van der Waals surface area contributed by atoms with Gasteiger partial charge >= 0.3 is 10.2 Å². The van der Waals surface area contributed by atoms with Gasteiger partial charge in [-0.05, 0) is 52.3 Å². The molecule has 35 heavy (non-hydrogen) atoms. The lowest BCUT2D eigenvalue weighted by atomic mass is 10.1. The zero-order valence-electron chi connectivity index (χ0n) is 21.4. The molecule has 192 valence electrons. The van der Waals surface area contributed by atoms with Crippen molar-refractivity contribution in [2.75, 3.05) is 24.9 Å². The lowest BCUT2D eigenvalue weighted by Gasteiger charge is -2.34. The van der Waals surface area contributed by atoms with E-state index in [0.717, 1.165) is 25.8 Å². The highest BCUT2D eigenvalue weighted by Crippen LogP contribution is 2.24. The Hall–Kier alpha value is -2.98. The molecule has 2 amide bonds. The highest BCUT2D eigenvalue weighted by molar-refractivity contribution is 7.90. The standard InChI is InChI=1S/C25H35FN4O4S/c1-18-12-14-20(15-13-18)16-29(19(2)24(32)27-25(3,4)5)23(31)17-30(35(33,34)28(6)7)22-11-9-8-10-21(22)26/h8-15,19H,16-17H2,1-7H3,(H,27,32)/t19-/m1/s1. The largest absolute Gasteiger partial charge is 0.350 e. The van der Waals surface area contributed by atoms with Gasteiger partial charge in [-0.3, -0.25) is 9.59 Å². The van der Waals surface area contributed by atoms with Gasteiger partial charge in [0, 0.05) is 26.2 Å². The van der Waals surface area contributed by atoms with Crippen LogP contribution in [0.4, 0.5) is 10.1 Å². The van der Waals surface area contributed by atoms with Gasteiger partial charge in [0.2, 0.25) is 11.8 Å². The molecule has 8 nitrogen and oxygen atoms in total. The molecule has 0 heterocycles. The molecule has 2 rings (SSSR count). The summed E-state index contributed by atoms with van der Waals surface area (Å²) in [5.74, 6) is -1.81. The number of aryl methyl sites for hydroxylation is 1. The molecule has 0 bridgehead atoms. The van der Waals surface area contributed by atoms with Crippen LogP contribution in [0.1, 0.15) is 38.8 Å². The van der Waals surface area contributed by atoms with Crippen LogP contribution in [0.2, 0.25) is 0 Å². The van der Waals surface area contributed by atoms with E-state index in [4.69, 9.17) is 0 Å². The van der Waals surface area contributed by atoms with Crippen LogP contribution in [0.5, 0.6) is 0 Å². The molecule has 0 saturated heterocycles. The van der Waals surface area contributed by atoms with Crippen molar-refractivity contribution in [2.45, 2.75) is 52.7 Å². The minimum atomic E-state index is -4.22. The average molecular weight is 507 g/mol. The molecular formula is C25H35FN4O4S. The Bertz CT molecular complexity index is 1140. The number of para-hydroxylation sites is 1. The smallest absolute Gasteiger partial charge is 0.304 e. The normalized spacial score (nSPS) is 12.8. The second-order valence-electron chi connectivity index (χ2n) is 9.67. The van der Waals surface area contributed by atoms with E-state index < -0.39 is 40.1 Å². The van der Waals surface area contributed by atoms with Crippen LogP contribution < -0.4 is 9.62 Å². The summed E-state index contributed by atoms with van der Waals surface area (Å²) >= 11 is 0. The molecule has 0 aliphatic heterocycles. The van der Waals surface area contributed by atoms with Gasteiger partial charge in [0.25, 0.3) is 0 Å². The van der Waals surface area contributed by atoms with Gasteiger partial charge in [0.05, 0.1) is 5.69 Å². The highest BCUT2D eigenvalue weighted by atomic mass is 32.2. The number of amides is 2. The number of rotatable bonds is 9. The van der Waals surface area contributed by atoms with E-state index in [1.807, 2.05) is 52.0 Å². The third kappa shape index (κ3) is 7.50. The molecule has 0 aliphatic carbocycles. The molecule has 0 aliphatic rings. The summed E-state index contributed by atoms with van der Waals surface area (Å²) < 4.78 is 42.4. The SMILES string of the molecule is Cc1ccc(CN(C(=O)CN(c2ccccc2F)S(=O)(=O)N(C)C)[C@H](C)C(=O)NC(C)(C)C)cc1. The van der Waals surface area contributed by atoms with Crippen LogP contribution in [0.3, 0.4) is 0 Å². The van der Waals surface area contributed by atoms with E-state index >= 15 is 0 Å². The second kappa shape index (κ2) is 11.2. The van der Waals surface area contributed by atoms with Gasteiger partial charge in [0.1, 0.15) is 18.4 Å². The Morgan fingerprint density at radius 1 is 1.03 bits per heavy atom. The lowest BCUT2D eigenvalue weighted by Crippen LogP contribution is -2.55. The maximum Gasteiger partial charge on any atom is 0.304 e. The van der Waals surface area contributed by atoms with Crippen molar-refractivity contribution in [1.82, 2.24) is 14.5 Å². The van der Waals surface area contributed by atoms with Crippen LogP contribution in [0, 0.1) is 12.7 Å². The van der Waals surface area contributed by atoms with Gasteiger partial charge in [-0.2, -0.15) is 12.7 Å². The summed E-state index contributed by atoms with van der Waals surface area (Å²) in [7, 11) is -1.61. The summed E-state index contributed by atoms with van der Waals surface area (Å²) in [6.45, 7) is 8.39. The molecule has 2 aromatic carbocycles. The number of nitrogens with zero attached hydrogens (tertiary/aromatic N) is 3. The minimum absolute atomic E-state index is 0.0744. The topological polar surface area (TPSA) is 90.0 Å². The van der Waals surface area contributed by atoms with Crippen LogP contribution in [0.15, 0.2) is 48.5 Å². The maximum absolute atomic E-state index is 14.6. The Morgan fingerprint density at radius 3 is 2.11 bits per heavy atom. The first-order valence-electron chi connectivity index (χ1n) is 11.2. The Kier molecular flexibility index (Phi) is 9.02. The van der Waals surface area contributed by atoms with Gasteiger partial charge < -0.3 is 10.2 Å². The Balaban J connectivity index is 2.48. The minimum Gasteiger partial charge on any atom is -0.350 e. The van der Waals surface area contributed by atoms with E-state index in [2.05, 4.69) is 5.32 Å². The molecule has 0 unspecified atom stereocenters. The number of benzene rings is 2. The summed E-state index contributed by atoms with van der Waals surface area (Å²) in [5, 5.41) is 2.86. The zero-order valence-corrected chi connectivity index (χ0v) is 22.2. The number of anilines is 1. The van der Waals surface area contributed by atoms with Gasteiger partial charge in [-0.15, -0.1) is 0 Å². The molecule has 2 aromatic rings. The third-order valence-corrected chi connectivity index (χ3v) is 7.08. The monoisotopic (exact) mass is 506 g/mol. The Labute approximate surface area is 207 Å². The fourth-order valence-corrected chi connectivity index (χ4v) is 4.37. The van der Waals surface area contributed by atoms with Crippen LogP contribution >= 0.6 is 0 Å². The predicted molar refractivity (Wildman–Crippen MR) is 135 cm³/mol. The Morgan fingerprint density at radius 2 is 1.60 bits per heavy atom. The van der Waals surface area contributed by atoms with Crippen LogP contribution in [-0.2, 0) is 26.3 Å². The molecule has 0 saturated carbocycles. The van der Waals surface area contributed by atoms with E-state index in [1.54, 1.807) is 6.92 Å².